The fourth-order valence-electron chi connectivity index (χ4n) is 5.51. The molecule has 226 valence electrons. The number of hydrogen-bond donors (Lipinski definition) is 0. The fourth-order valence-corrected chi connectivity index (χ4v) is 5.51. The molecule has 11 heteroatoms. The minimum atomic E-state index is -4.43. The van der Waals surface area contributed by atoms with Crippen molar-refractivity contribution in [3.8, 4) is 11.3 Å². The van der Waals surface area contributed by atoms with Gasteiger partial charge in [0.15, 0.2) is 5.65 Å². The van der Waals surface area contributed by atoms with Crippen LogP contribution in [-0.2, 0) is 18.0 Å². The summed E-state index contributed by atoms with van der Waals surface area (Å²) in [6.45, 7) is 12.8. The summed E-state index contributed by atoms with van der Waals surface area (Å²) in [5.41, 5.74) is 1.98. The van der Waals surface area contributed by atoms with Gasteiger partial charge in [0.05, 0.1) is 23.0 Å². The maximum Gasteiger partial charge on any atom is 0.416 e. The van der Waals surface area contributed by atoms with Crippen molar-refractivity contribution in [2.24, 2.45) is 0 Å². The van der Waals surface area contributed by atoms with Crippen LogP contribution in [0.1, 0.15) is 79.2 Å². The minimum absolute atomic E-state index is 0.153. The van der Waals surface area contributed by atoms with Crippen LogP contribution < -0.4 is 0 Å². The Balaban J connectivity index is 1.45. The molecule has 1 fully saturated rings. The molecule has 4 aromatic rings. The van der Waals surface area contributed by atoms with Gasteiger partial charge in [0, 0.05) is 37.0 Å². The number of carbonyl (C=O) groups excluding carboxylic acids is 2. The predicted molar refractivity (Wildman–Crippen MR) is 157 cm³/mol. The molecular formula is C32H35F3N6O2. The number of pyridine rings is 1. The molecule has 4 heterocycles. The first-order valence-corrected chi connectivity index (χ1v) is 14.2. The largest absolute Gasteiger partial charge is 0.416 e. The molecule has 8 nitrogen and oxygen atoms in total. The number of alkyl halides is 3. The van der Waals surface area contributed by atoms with Crippen molar-refractivity contribution in [2.45, 2.75) is 65.1 Å². The van der Waals surface area contributed by atoms with E-state index in [0.29, 0.717) is 48.7 Å². The number of piperazine rings is 1. The molecule has 5 rings (SSSR count). The molecule has 3 aromatic heterocycles. The van der Waals surface area contributed by atoms with Gasteiger partial charge >= 0.3 is 6.18 Å². The highest BCUT2D eigenvalue weighted by atomic mass is 19.4. The lowest BCUT2D eigenvalue weighted by atomic mass is 9.87. The third-order valence-electron chi connectivity index (χ3n) is 7.87. The maximum absolute atomic E-state index is 13.9. The summed E-state index contributed by atoms with van der Waals surface area (Å²) in [5.74, 6) is -0.439. The first kappa shape index (κ1) is 30.2. The van der Waals surface area contributed by atoms with Crippen LogP contribution in [0, 0.1) is 0 Å². The number of aromatic nitrogens is 4. The minimum Gasteiger partial charge on any atom is -0.333 e. The molecule has 1 aromatic carbocycles. The number of imidazole rings is 1. The lowest BCUT2D eigenvalue weighted by molar-refractivity contribution is -0.137. The zero-order valence-electron chi connectivity index (χ0n) is 25.2. The molecule has 43 heavy (non-hydrogen) atoms. The van der Waals surface area contributed by atoms with E-state index in [-0.39, 0.29) is 17.5 Å². The predicted octanol–water partition coefficient (Wildman–Crippen LogP) is 6.05. The summed E-state index contributed by atoms with van der Waals surface area (Å²) in [6, 6.07) is 10.4. The van der Waals surface area contributed by atoms with Crippen LogP contribution in [0.5, 0.6) is 0 Å². The van der Waals surface area contributed by atoms with Crippen LogP contribution in [0.25, 0.3) is 16.9 Å². The van der Waals surface area contributed by atoms with Gasteiger partial charge in [0.25, 0.3) is 11.8 Å². The van der Waals surface area contributed by atoms with Gasteiger partial charge in [-0.3, -0.25) is 14.6 Å². The van der Waals surface area contributed by atoms with Crippen LogP contribution in [0.4, 0.5) is 13.2 Å². The highest BCUT2D eigenvalue weighted by Crippen LogP contribution is 2.33. The van der Waals surface area contributed by atoms with E-state index in [4.69, 9.17) is 4.98 Å². The van der Waals surface area contributed by atoms with Crippen molar-refractivity contribution < 1.29 is 22.8 Å². The molecule has 1 saturated heterocycles. The summed E-state index contributed by atoms with van der Waals surface area (Å²) in [6.07, 6.45) is -0.565. The first-order chi connectivity index (χ1) is 20.1. The summed E-state index contributed by atoms with van der Waals surface area (Å²) in [4.78, 5) is 39.7. The number of benzene rings is 1. The summed E-state index contributed by atoms with van der Waals surface area (Å²) >= 11 is 0. The average molecular weight is 593 g/mol. The Kier molecular flexibility index (Phi) is 7.56. The second kappa shape index (κ2) is 10.8. The van der Waals surface area contributed by atoms with Gasteiger partial charge in [-0.2, -0.15) is 18.3 Å². The molecule has 0 aliphatic carbocycles. The third-order valence-corrected chi connectivity index (χ3v) is 7.87. The van der Waals surface area contributed by atoms with E-state index in [1.807, 2.05) is 59.7 Å². The molecule has 1 aliphatic heterocycles. The number of aryl methyl sites for hydroxylation is 1. The average Bonchev–Trinajstić information content (AvgIpc) is 3.38. The van der Waals surface area contributed by atoms with Gasteiger partial charge in [-0.05, 0) is 55.5 Å². The normalized spacial score (nSPS) is 15.7. The molecule has 0 N–H and O–H groups in total. The summed E-state index contributed by atoms with van der Waals surface area (Å²) in [7, 11) is 0. The lowest BCUT2D eigenvalue weighted by Gasteiger charge is -2.46. The number of carbonyl (C=O) groups is 2. The van der Waals surface area contributed by atoms with E-state index in [1.54, 1.807) is 22.2 Å². The van der Waals surface area contributed by atoms with Crippen LogP contribution in [-0.4, -0.2) is 66.4 Å². The Morgan fingerprint density at radius 3 is 2.30 bits per heavy atom. The molecule has 0 saturated carbocycles. The first-order valence-electron chi connectivity index (χ1n) is 14.2. The topological polar surface area (TPSA) is 83.7 Å². The molecule has 0 bridgehead atoms. The van der Waals surface area contributed by atoms with E-state index >= 15 is 0 Å². The number of fused-ring (bicyclic) bond motifs is 1. The molecule has 0 radical (unpaired) electrons. The standard InChI is InChI=1S/C32H35F3N6O2/c1-7-20-9-8-14-36-26(20)29(43)39-15-16-40(31(5,6)19-39)28(42)25-18-41-27(37-25)23(30(2,3)4)17-24(38-41)21-10-12-22(13-11-21)32(33,34)35/h8-14,17-18H,7,15-16,19H2,1-6H3. The molecule has 0 atom stereocenters. The Morgan fingerprint density at radius 2 is 1.70 bits per heavy atom. The van der Waals surface area contributed by atoms with E-state index < -0.39 is 22.7 Å². The number of hydrogen-bond acceptors (Lipinski definition) is 5. The zero-order chi connectivity index (χ0) is 31.3. The van der Waals surface area contributed by atoms with Crippen LogP contribution >= 0.6 is 0 Å². The monoisotopic (exact) mass is 592 g/mol. The van der Waals surface area contributed by atoms with Gasteiger partial charge < -0.3 is 9.80 Å². The highest BCUT2D eigenvalue weighted by Gasteiger charge is 2.40. The Labute approximate surface area is 248 Å². The number of nitrogens with zero attached hydrogens (tertiary/aromatic N) is 6. The van der Waals surface area contributed by atoms with Gasteiger partial charge in [-0.25, -0.2) is 9.50 Å². The van der Waals surface area contributed by atoms with Gasteiger partial charge in [0.1, 0.15) is 11.4 Å². The molecular weight excluding hydrogens is 557 g/mol. The fraction of sp³-hybridized carbons (Fsp3) is 0.406. The maximum atomic E-state index is 13.9. The second-order valence-electron chi connectivity index (χ2n) is 12.5. The highest BCUT2D eigenvalue weighted by molar-refractivity contribution is 5.95. The molecule has 2 amide bonds. The lowest BCUT2D eigenvalue weighted by Crippen LogP contribution is -2.62. The van der Waals surface area contributed by atoms with E-state index in [2.05, 4.69) is 10.1 Å². The van der Waals surface area contributed by atoms with Crippen LogP contribution in [0.2, 0.25) is 0 Å². The smallest absolute Gasteiger partial charge is 0.333 e. The Bertz CT molecular complexity index is 1690. The van der Waals surface area contributed by atoms with E-state index in [0.717, 1.165) is 23.3 Å². The van der Waals surface area contributed by atoms with Gasteiger partial charge in [0.2, 0.25) is 0 Å². The van der Waals surface area contributed by atoms with E-state index in [1.165, 1.54) is 16.6 Å². The molecule has 0 unspecified atom stereocenters. The van der Waals surface area contributed by atoms with Gasteiger partial charge in [-0.15, -0.1) is 0 Å². The van der Waals surface area contributed by atoms with E-state index in [9.17, 15) is 22.8 Å². The van der Waals surface area contributed by atoms with Crippen molar-refractivity contribution >= 4 is 17.5 Å². The molecule has 1 aliphatic rings. The van der Waals surface area contributed by atoms with Crippen molar-refractivity contribution in [2.75, 3.05) is 19.6 Å². The molecule has 0 spiro atoms. The summed E-state index contributed by atoms with van der Waals surface area (Å²) < 4.78 is 40.9. The number of amides is 2. The van der Waals surface area contributed by atoms with Crippen molar-refractivity contribution in [1.82, 2.24) is 29.4 Å². The third kappa shape index (κ3) is 5.85. The number of halogens is 3. The SMILES string of the molecule is CCc1cccnc1C(=O)N1CCN(C(=O)c2cn3nc(-c4ccc(C(F)(F)F)cc4)cc(C(C)(C)C)c3n2)C(C)(C)C1. The van der Waals surface area contributed by atoms with Crippen LogP contribution in [0.3, 0.4) is 0 Å². The Morgan fingerprint density at radius 1 is 1.00 bits per heavy atom. The van der Waals surface area contributed by atoms with Crippen molar-refractivity contribution in [1.29, 1.82) is 0 Å². The Hall–Kier alpha value is -4.28. The summed E-state index contributed by atoms with van der Waals surface area (Å²) in [5, 5.41) is 4.62. The quantitative estimate of drug-likeness (QED) is 0.288. The van der Waals surface area contributed by atoms with Crippen LogP contribution in [0.15, 0.2) is 54.9 Å². The van der Waals surface area contributed by atoms with Crippen molar-refractivity contribution in [3.63, 3.8) is 0 Å². The zero-order valence-corrected chi connectivity index (χ0v) is 25.2. The number of rotatable bonds is 4. The van der Waals surface area contributed by atoms with Gasteiger partial charge in [-0.1, -0.05) is 45.9 Å². The van der Waals surface area contributed by atoms with Crippen molar-refractivity contribution in [3.05, 3.63) is 82.9 Å². The second-order valence-corrected chi connectivity index (χ2v) is 12.5.